The molecule has 0 fully saturated rings. The van der Waals surface area contributed by atoms with Crippen molar-refractivity contribution in [2.45, 2.75) is 26.3 Å². The summed E-state index contributed by atoms with van der Waals surface area (Å²) in [4.78, 5) is 0. The maximum absolute atomic E-state index is 5.26. The number of rotatable bonds is 1. The topological polar surface area (TPSA) is 62.4 Å². The van der Waals surface area contributed by atoms with Crippen molar-refractivity contribution in [2.24, 2.45) is 16.4 Å². The Kier molecular flexibility index (Phi) is 2.98. The normalized spacial score (nSPS) is 24.7. The monoisotopic (exact) mass is 188 g/mol. The molecule has 1 atom stereocenters. The maximum Gasteiger partial charge on any atom is 0.153 e. The van der Waals surface area contributed by atoms with Crippen LogP contribution in [0.2, 0.25) is 0 Å². The van der Waals surface area contributed by atoms with Gasteiger partial charge in [-0.1, -0.05) is 20.8 Å². The van der Waals surface area contributed by atoms with E-state index in [-0.39, 0.29) is 10.9 Å². The van der Waals surface area contributed by atoms with Crippen LogP contribution in [0.25, 0.3) is 0 Å². The lowest BCUT2D eigenvalue weighted by atomic mass is 9.91. The summed E-state index contributed by atoms with van der Waals surface area (Å²) in [5.41, 5.74) is 6.94. The van der Waals surface area contributed by atoms with E-state index in [1.165, 1.54) is 5.71 Å². The van der Waals surface area contributed by atoms with Crippen LogP contribution in [0.15, 0.2) is 5.10 Å². The Hall–Kier alpha value is -0.260. The highest BCUT2D eigenvalue weighted by molar-refractivity contribution is 8.00. The van der Waals surface area contributed by atoms with Gasteiger partial charge in [0.1, 0.15) is 0 Å². The molecule has 0 amide bonds. The molecule has 1 aliphatic heterocycles. The SMILES string of the molecule is CC(C)(C)C1=NNC(NN)SC1. The fourth-order valence-electron chi connectivity index (χ4n) is 0.838. The third-order valence-electron chi connectivity index (χ3n) is 1.72. The molecule has 70 valence electrons. The van der Waals surface area contributed by atoms with Crippen molar-refractivity contribution in [2.75, 3.05) is 5.75 Å². The second-order valence-electron chi connectivity index (χ2n) is 3.80. The Morgan fingerprint density at radius 3 is 2.67 bits per heavy atom. The van der Waals surface area contributed by atoms with E-state index >= 15 is 0 Å². The molecule has 1 aliphatic rings. The molecule has 0 bridgehead atoms. The second kappa shape index (κ2) is 3.64. The largest absolute Gasteiger partial charge is 0.282 e. The molecule has 0 aliphatic carbocycles. The van der Waals surface area contributed by atoms with Crippen molar-refractivity contribution in [1.82, 2.24) is 10.9 Å². The van der Waals surface area contributed by atoms with Crippen molar-refractivity contribution >= 4 is 17.5 Å². The number of hydrazone groups is 1. The molecule has 0 radical (unpaired) electrons. The molecule has 0 aromatic carbocycles. The zero-order valence-corrected chi connectivity index (χ0v) is 8.53. The lowest BCUT2D eigenvalue weighted by Crippen LogP contribution is -2.46. The summed E-state index contributed by atoms with van der Waals surface area (Å²) in [6, 6.07) is 0. The molecular formula is C7H16N4S. The molecule has 0 aromatic rings. The Bertz CT molecular complexity index is 184. The molecule has 1 rings (SSSR count). The van der Waals surface area contributed by atoms with Gasteiger partial charge in [-0.05, 0) is 0 Å². The molecule has 0 aromatic heterocycles. The Morgan fingerprint density at radius 2 is 2.33 bits per heavy atom. The highest BCUT2D eigenvalue weighted by Crippen LogP contribution is 2.22. The van der Waals surface area contributed by atoms with Crippen LogP contribution in [0, 0.1) is 5.41 Å². The predicted octanol–water partition coefficient (Wildman–Crippen LogP) is 0.472. The van der Waals surface area contributed by atoms with E-state index in [4.69, 9.17) is 5.84 Å². The number of nitrogens with two attached hydrogens (primary N) is 1. The zero-order valence-electron chi connectivity index (χ0n) is 7.72. The first-order chi connectivity index (χ1) is 5.54. The fraction of sp³-hybridized carbons (Fsp3) is 0.857. The smallest absolute Gasteiger partial charge is 0.153 e. The minimum atomic E-state index is 0.0519. The highest BCUT2D eigenvalue weighted by Gasteiger charge is 2.23. The van der Waals surface area contributed by atoms with Crippen LogP contribution < -0.4 is 16.7 Å². The van der Waals surface area contributed by atoms with E-state index in [9.17, 15) is 0 Å². The van der Waals surface area contributed by atoms with Crippen molar-refractivity contribution in [1.29, 1.82) is 0 Å². The van der Waals surface area contributed by atoms with E-state index < -0.39 is 0 Å². The van der Waals surface area contributed by atoms with Gasteiger partial charge in [0.05, 0.1) is 5.71 Å². The number of nitrogens with one attached hydrogen (secondary N) is 2. The van der Waals surface area contributed by atoms with Gasteiger partial charge in [-0.2, -0.15) is 5.10 Å². The van der Waals surface area contributed by atoms with E-state index in [1.54, 1.807) is 11.8 Å². The van der Waals surface area contributed by atoms with Gasteiger partial charge in [0.2, 0.25) is 0 Å². The van der Waals surface area contributed by atoms with Gasteiger partial charge >= 0.3 is 0 Å². The minimum absolute atomic E-state index is 0.0519. The molecule has 12 heavy (non-hydrogen) atoms. The van der Waals surface area contributed by atoms with E-state index in [1.807, 2.05) is 0 Å². The molecule has 0 saturated heterocycles. The number of hydrogen-bond donors (Lipinski definition) is 3. The van der Waals surface area contributed by atoms with Crippen molar-refractivity contribution in [3.05, 3.63) is 0 Å². The van der Waals surface area contributed by atoms with Gasteiger partial charge in [0.15, 0.2) is 5.50 Å². The average molecular weight is 188 g/mol. The van der Waals surface area contributed by atoms with Gasteiger partial charge in [0.25, 0.3) is 0 Å². The lowest BCUT2D eigenvalue weighted by molar-refractivity contribution is 0.539. The molecule has 1 heterocycles. The van der Waals surface area contributed by atoms with Gasteiger partial charge in [-0.25, -0.2) is 5.43 Å². The van der Waals surface area contributed by atoms with Gasteiger partial charge in [0, 0.05) is 11.2 Å². The van der Waals surface area contributed by atoms with Gasteiger partial charge in [-0.3, -0.25) is 11.3 Å². The third-order valence-corrected chi connectivity index (χ3v) is 2.74. The third kappa shape index (κ3) is 2.36. The first-order valence-electron chi connectivity index (χ1n) is 3.94. The molecule has 0 spiro atoms. The van der Waals surface area contributed by atoms with Crippen LogP contribution in [0.3, 0.4) is 0 Å². The quantitative estimate of drug-likeness (QED) is 0.413. The summed E-state index contributed by atoms with van der Waals surface area (Å²) in [5, 5.41) is 4.26. The Balaban J connectivity index is 2.56. The maximum atomic E-state index is 5.26. The van der Waals surface area contributed by atoms with E-state index in [0.29, 0.717) is 0 Å². The number of hydrogen-bond acceptors (Lipinski definition) is 5. The van der Waals surface area contributed by atoms with Crippen LogP contribution in [-0.4, -0.2) is 17.0 Å². The molecule has 4 N–H and O–H groups in total. The lowest BCUT2D eigenvalue weighted by Gasteiger charge is -2.28. The summed E-state index contributed by atoms with van der Waals surface area (Å²) in [7, 11) is 0. The minimum Gasteiger partial charge on any atom is -0.282 e. The molecular weight excluding hydrogens is 172 g/mol. The zero-order chi connectivity index (χ0) is 9.19. The van der Waals surface area contributed by atoms with Gasteiger partial charge < -0.3 is 0 Å². The van der Waals surface area contributed by atoms with Crippen LogP contribution in [-0.2, 0) is 0 Å². The molecule has 4 nitrogen and oxygen atoms in total. The van der Waals surface area contributed by atoms with Crippen LogP contribution in [0.4, 0.5) is 0 Å². The molecule has 0 saturated carbocycles. The summed E-state index contributed by atoms with van der Waals surface area (Å²) >= 11 is 1.72. The first kappa shape index (κ1) is 9.83. The summed E-state index contributed by atoms with van der Waals surface area (Å²) in [5.74, 6) is 6.19. The summed E-state index contributed by atoms with van der Waals surface area (Å²) in [6.45, 7) is 6.47. The first-order valence-corrected chi connectivity index (χ1v) is 4.99. The molecule has 5 heteroatoms. The fourth-order valence-corrected chi connectivity index (χ4v) is 1.88. The Labute approximate surface area is 77.3 Å². The van der Waals surface area contributed by atoms with Crippen molar-refractivity contribution in [3.8, 4) is 0 Å². The van der Waals surface area contributed by atoms with Crippen molar-refractivity contribution < 1.29 is 0 Å². The summed E-state index contributed by atoms with van der Waals surface area (Å²) in [6.07, 6.45) is 0. The number of hydrazine groups is 1. The number of thioether (sulfide) groups is 1. The standard InChI is InChI=1S/C7H16N4S/c1-7(2,3)5-4-12-6(9-8)11-10-5/h6,9,11H,4,8H2,1-3H3. The van der Waals surface area contributed by atoms with Crippen LogP contribution in [0.5, 0.6) is 0 Å². The molecule has 1 unspecified atom stereocenters. The van der Waals surface area contributed by atoms with Crippen molar-refractivity contribution in [3.63, 3.8) is 0 Å². The van der Waals surface area contributed by atoms with Crippen LogP contribution >= 0.6 is 11.8 Å². The van der Waals surface area contributed by atoms with E-state index in [2.05, 4.69) is 36.7 Å². The highest BCUT2D eigenvalue weighted by atomic mass is 32.2. The average Bonchev–Trinajstić information content (AvgIpc) is 2.03. The van der Waals surface area contributed by atoms with Gasteiger partial charge in [-0.15, -0.1) is 11.8 Å². The number of nitrogens with zero attached hydrogens (tertiary/aromatic N) is 1. The second-order valence-corrected chi connectivity index (χ2v) is 4.89. The van der Waals surface area contributed by atoms with E-state index in [0.717, 1.165) is 5.75 Å². The van der Waals surface area contributed by atoms with Crippen LogP contribution in [0.1, 0.15) is 20.8 Å². The Morgan fingerprint density at radius 1 is 1.67 bits per heavy atom. The summed E-state index contributed by atoms with van der Waals surface area (Å²) < 4.78 is 0. The predicted molar refractivity (Wildman–Crippen MR) is 53.6 cm³/mol.